The van der Waals surface area contributed by atoms with E-state index >= 15 is 0 Å². The average Bonchev–Trinajstić information content (AvgIpc) is 2.94. The number of benzene rings is 2. The summed E-state index contributed by atoms with van der Waals surface area (Å²) in [4.78, 5) is 14.1. The third-order valence-corrected chi connectivity index (χ3v) is 4.28. The van der Waals surface area contributed by atoms with Crippen molar-refractivity contribution in [3.05, 3.63) is 71.3 Å². The van der Waals surface area contributed by atoms with Crippen LogP contribution in [-0.4, -0.2) is 29.9 Å². The van der Waals surface area contributed by atoms with Crippen LogP contribution in [0.25, 0.3) is 0 Å². The maximum atomic E-state index is 13.2. The summed E-state index contributed by atoms with van der Waals surface area (Å²) >= 11 is 0. The Morgan fingerprint density at radius 1 is 1.09 bits per heavy atom. The first-order valence-corrected chi connectivity index (χ1v) is 7.57. The van der Waals surface area contributed by atoms with Gasteiger partial charge in [0.1, 0.15) is 0 Å². The summed E-state index contributed by atoms with van der Waals surface area (Å²) in [6, 6.07) is 13.3. The van der Waals surface area contributed by atoms with Gasteiger partial charge in [0.2, 0.25) is 5.91 Å². The highest BCUT2D eigenvalue weighted by Gasteiger charge is 2.33. The van der Waals surface area contributed by atoms with Crippen LogP contribution in [0.4, 0.5) is 8.78 Å². The van der Waals surface area contributed by atoms with Crippen LogP contribution in [0.1, 0.15) is 17.0 Å². The van der Waals surface area contributed by atoms with Crippen LogP contribution in [0.3, 0.4) is 0 Å². The van der Waals surface area contributed by atoms with Gasteiger partial charge in [-0.2, -0.15) is 0 Å². The quantitative estimate of drug-likeness (QED) is 0.945. The van der Waals surface area contributed by atoms with Gasteiger partial charge in [0, 0.05) is 25.0 Å². The monoisotopic (exact) mass is 316 g/mol. The first-order chi connectivity index (χ1) is 11.0. The molecule has 2 aromatic carbocycles. The predicted octanol–water partition coefficient (Wildman–Crippen LogP) is 2.46. The minimum absolute atomic E-state index is 0.0471. The number of amides is 1. The third-order valence-electron chi connectivity index (χ3n) is 4.28. The van der Waals surface area contributed by atoms with E-state index in [9.17, 15) is 13.6 Å². The van der Waals surface area contributed by atoms with Gasteiger partial charge in [-0.1, -0.05) is 36.4 Å². The molecular formula is C18H18F2N2O. The number of hydrogen-bond donors (Lipinski definition) is 1. The fourth-order valence-corrected chi connectivity index (χ4v) is 3.02. The standard InChI is InChI=1S/C18H18F2N2O/c19-15-7-6-12(8-16(15)20)9-18(23)22-10-14(17(21)11-22)13-4-2-1-3-5-13/h1-8,14,17H,9-11,21H2/t14-,17+/m0/s1. The highest BCUT2D eigenvalue weighted by molar-refractivity contribution is 5.79. The predicted molar refractivity (Wildman–Crippen MR) is 83.8 cm³/mol. The van der Waals surface area contributed by atoms with Crippen LogP contribution in [0, 0.1) is 11.6 Å². The second-order valence-corrected chi connectivity index (χ2v) is 5.90. The molecule has 2 atom stereocenters. The summed E-state index contributed by atoms with van der Waals surface area (Å²) in [7, 11) is 0. The molecule has 0 saturated carbocycles. The van der Waals surface area contributed by atoms with E-state index in [1.165, 1.54) is 6.07 Å². The van der Waals surface area contributed by atoms with E-state index in [-0.39, 0.29) is 24.3 Å². The van der Waals surface area contributed by atoms with Crippen LogP contribution >= 0.6 is 0 Å². The Balaban J connectivity index is 1.68. The second kappa shape index (κ2) is 6.46. The smallest absolute Gasteiger partial charge is 0.227 e. The number of nitrogens with zero attached hydrogens (tertiary/aromatic N) is 1. The molecular weight excluding hydrogens is 298 g/mol. The van der Waals surface area contributed by atoms with E-state index in [0.29, 0.717) is 18.7 Å². The SMILES string of the molecule is N[C@@H]1CN(C(=O)Cc2ccc(F)c(F)c2)C[C@H]1c1ccccc1. The van der Waals surface area contributed by atoms with E-state index in [0.717, 1.165) is 17.7 Å². The molecule has 23 heavy (non-hydrogen) atoms. The van der Waals surface area contributed by atoms with Gasteiger partial charge in [-0.15, -0.1) is 0 Å². The Morgan fingerprint density at radius 2 is 1.83 bits per heavy atom. The van der Waals surface area contributed by atoms with Gasteiger partial charge in [-0.3, -0.25) is 4.79 Å². The Labute approximate surface area is 133 Å². The van der Waals surface area contributed by atoms with Crippen LogP contribution in [0.5, 0.6) is 0 Å². The topological polar surface area (TPSA) is 46.3 Å². The van der Waals surface area contributed by atoms with E-state index in [2.05, 4.69) is 0 Å². The van der Waals surface area contributed by atoms with E-state index < -0.39 is 11.6 Å². The first kappa shape index (κ1) is 15.6. The van der Waals surface area contributed by atoms with Gasteiger partial charge in [0.15, 0.2) is 11.6 Å². The van der Waals surface area contributed by atoms with Gasteiger partial charge in [-0.25, -0.2) is 8.78 Å². The fourth-order valence-electron chi connectivity index (χ4n) is 3.02. The summed E-state index contributed by atoms with van der Waals surface area (Å²) in [6.07, 6.45) is 0.0471. The number of carbonyl (C=O) groups is 1. The lowest BCUT2D eigenvalue weighted by Gasteiger charge is -2.16. The fraction of sp³-hybridized carbons (Fsp3) is 0.278. The summed E-state index contributed by atoms with van der Waals surface area (Å²) in [5.41, 5.74) is 7.75. The number of likely N-dealkylation sites (tertiary alicyclic amines) is 1. The zero-order chi connectivity index (χ0) is 16.4. The Kier molecular flexibility index (Phi) is 4.39. The number of rotatable bonds is 3. The highest BCUT2D eigenvalue weighted by atomic mass is 19.2. The molecule has 0 radical (unpaired) electrons. The molecule has 3 nitrogen and oxygen atoms in total. The molecule has 1 fully saturated rings. The molecule has 5 heteroatoms. The van der Waals surface area contributed by atoms with Gasteiger partial charge in [0.05, 0.1) is 6.42 Å². The molecule has 0 aromatic heterocycles. The molecule has 0 unspecified atom stereocenters. The molecule has 1 aliphatic heterocycles. The largest absolute Gasteiger partial charge is 0.340 e. The normalized spacial score (nSPS) is 20.7. The Hall–Kier alpha value is -2.27. The highest BCUT2D eigenvalue weighted by Crippen LogP contribution is 2.26. The van der Waals surface area contributed by atoms with E-state index in [4.69, 9.17) is 5.73 Å². The van der Waals surface area contributed by atoms with Crippen molar-refractivity contribution < 1.29 is 13.6 Å². The average molecular weight is 316 g/mol. The van der Waals surface area contributed by atoms with Crippen LogP contribution in [0.15, 0.2) is 48.5 Å². The van der Waals surface area contributed by atoms with Crippen molar-refractivity contribution in [3.8, 4) is 0 Å². The van der Waals surface area contributed by atoms with Gasteiger partial charge in [0.25, 0.3) is 0 Å². The summed E-state index contributed by atoms with van der Waals surface area (Å²) < 4.78 is 26.2. The first-order valence-electron chi connectivity index (χ1n) is 7.57. The Bertz CT molecular complexity index is 705. The molecule has 2 N–H and O–H groups in total. The van der Waals surface area contributed by atoms with Crippen molar-refractivity contribution in [2.24, 2.45) is 5.73 Å². The van der Waals surface area contributed by atoms with Gasteiger partial charge >= 0.3 is 0 Å². The molecule has 120 valence electrons. The minimum Gasteiger partial charge on any atom is -0.340 e. The maximum Gasteiger partial charge on any atom is 0.227 e. The summed E-state index contributed by atoms with van der Waals surface area (Å²) in [6.45, 7) is 1.02. The van der Waals surface area contributed by atoms with Crippen molar-refractivity contribution in [2.45, 2.75) is 18.4 Å². The molecule has 2 aromatic rings. The number of hydrogen-bond acceptors (Lipinski definition) is 2. The molecule has 1 heterocycles. The van der Waals surface area contributed by atoms with Crippen LogP contribution < -0.4 is 5.73 Å². The van der Waals surface area contributed by atoms with Crippen molar-refractivity contribution in [3.63, 3.8) is 0 Å². The molecule has 3 rings (SSSR count). The van der Waals surface area contributed by atoms with Crippen LogP contribution in [-0.2, 0) is 11.2 Å². The molecule has 1 saturated heterocycles. The molecule has 1 aliphatic rings. The van der Waals surface area contributed by atoms with Crippen molar-refractivity contribution >= 4 is 5.91 Å². The van der Waals surface area contributed by atoms with Crippen LogP contribution in [0.2, 0.25) is 0 Å². The van der Waals surface area contributed by atoms with Crippen molar-refractivity contribution in [2.75, 3.05) is 13.1 Å². The zero-order valence-corrected chi connectivity index (χ0v) is 12.6. The van der Waals surface area contributed by atoms with E-state index in [1.54, 1.807) is 4.90 Å². The maximum absolute atomic E-state index is 13.2. The Morgan fingerprint density at radius 3 is 2.52 bits per heavy atom. The molecule has 0 aliphatic carbocycles. The van der Waals surface area contributed by atoms with Crippen molar-refractivity contribution in [1.29, 1.82) is 0 Å². The summed E-state index contributed by atoms with van der Waals surface area (Å²) in [5.74, 6) is -1.86. The molecule has 0 spiro atoms. The number of halogens is 2. The lowest BCUT2D eigenvalue weighted by molar-refractivity contribution is -0.129. The second-order valence-electron chi connectivity index (χ2n) is 5.90. The minimum atomic E-state index is -0.935. The third kappa shape index (κ3) is 3.40. The number of nitrogens with two attached hydrogens (primary N) is 1. The van der Waals surface area contributed by atoms with E-state index in [1.807, 2.05) is 30.3 Å². The van der Waals surface area contributed by atoms with Gasteiger partial charge < -0.3 is 10.6 Å². The molecule has 1 amide bonds. The molecule has 0 bridgehead atoms. The number of carbonyl (C=O) groups excluding carboxylic acids is 1. The summed E-state index contributed by atoms with van der Waals surface area (Å²) in [5, 5.41) is 0. The van der Waals surface area contributed by atoms with Crippen molar-refractivity contribution in [1.82, 2.24) is 4.90 Å². The lowest BCUT2D eigenvalue weighted by Crippen LogP contribution is -2.33. The van der Waals surface area contributed by atoms with Gasteiger partial charge in [-0.05, 0) is 23.3 Å². The lowest BCUT2D eigenvalue weighted by atomic mass is 9.95. The zero-order valence-electron chi connectivity index (χ0n) is 12.6.